The molecule has 0 fully saturated rings. The Morgan fingerprint density at radius 3 is 2.75 bits per heavy atom. The topological polar surface area (TPSA) is 61.5 Å². The Kier molecular flexibility index (Phi) is 4.69. The first-order valence-electron chi connectivity index (χ1n) is 6.66. The minimum atomic E-state index is -0.325. The molecule has 0 spiro atoms. The lowest BCUT2D eigenvalue weighted by atomic mass is 10.2. The second kappa shape index (κ2) is 6.30. The van der Waals surface area contributed by atoms with Crippen LogP contribution >= 0.6 is 0 Å². The maximum atomic E-state index is 13.3. The van der Waals surface area contributed by atoms with Crippen LogP contribution in [-0.4, -0.2) is 51.5 Å². The molecule has 1 heterocycles. The fourth-order valence-electron chi connectivity index (χ4n) is 2.32. The van der Waals surface area contributed by atoms with E-state index in [9.17, 15) is 9.50 Å². The van der Waals surface area contributed by atoms with Gasteiger partial charge in [-0.25, -0.2) is 9.37 Å². The maximum absolute atomic E-state index is 13.3. The van der Waals surface area contributed by atoms with E-state index in [0.717, 1.165) is 11.3 Å². The van der Waals surface area contributed by atoms with Crippen LogP contribution in [0.3, 0.4) is 0 Å². The van der Waals surface area contributed by atoms with Gasteiger partial charge in [0.2, 0.25) is 0 Å². The van der Waals surface area contributed by atoms with Gasteiger partial charge in [0.25, 0.3) is 0 Å². The minimum Gasteiger partial charge on any atom is -0.395 e. The van der Waals surface area contributed by atoms with Crippen LogP contribution in [0.1, 0.15) is 18.8 Å². The Morgan fingerprint density at radius 1 is 1.35 bits per heavy atom. The molecule has 0 aliphatic rings. The van der Waals surface area contributed by atoms with E-state index in [1.54, 1.807) is 6.07 Å². The molecule has 0 aliphatic heterocycles. The van der Waals surface area contributed by atoms with Crippen LogP contribution in [0.15, 0.2) is 18.2 Å². The highest BCUT2D eigenvalue weighted by atomic mass is 19.1. The summed E-state index contributed by atoms with van der Waals surface area (Å²) in [5.74, 6) is 0.435. The second-order valence-corrected chi connectivity index (χ2v) is 4.86. The summed E-state index contributed by atoms with van der Waals surface area (Å²) < 4.78 is 15.2. The van der Waals surface area contributed by atoms with Crippen LogP contribution in [0.5, 0.6) is 0 Å². The van der Waals surface area contributed by atoms with Gasteiger partial charge in [-0.3, -0.25) is 4.90 Å². The van der Waals surface area contributed by atoms with Crippen LogP contribution in [0.25, 0.3) is 11.0 Å². The minimum absolute atomic E-state index is 0.00767. The lowest BCUT2D eigenvalue weighted by Gasteiger charge is -2.24. The zero-order chi connectivity index (χ0) is 14.7. The van der Waals surface area contributed by atoms with E-state index in [4.69, 9.17) is 5.11 Å². The summed E-state index contributed by atoms with van der Waals surface area (Å²) in [6, 6.07) is 4.43. The summed E-state index contributed by atoms with van der Waals surface area (Å²) in [4.78, 5) is 6.45. The number of benzene rings is 1. The van der Waals surface area contributed by atoms with E-state index < -0.39 is 0 Å². The summed E-state index contributed by atoms with van der Waals surface area (Å²) in [5.41, 5.74) is 1.39. The Morgan fingerprint density at radius 2 is 2.10 bits per heavy atom. The average Bonchev–Trinajstić information content (AvgIpc) is 2.76. The molecule has 1 aromatic carbocycles. The average molecular weight is 281 g/mol. The number of aliphatic hydroxyl groups is 2. The van der Waals surface area contributed by atoms with Gasteiger partial charge in [-0.05, 0) is 26.1 Å². The number of aromatic nitrogens is 2. The molecule has 1 unspecified atom stereocenters. The summed E-state index contributed by atoms with van der Waals surface area (Å²) in [6.07, 6.45) is 0. The molecule has 1 atom stereocenters. The van der Waals surface area contributed by atoms with Crippen LogP contribution in [-0.2, 0) is 6.54 Å². The Balaban J connectivity index is 2.47. The van der Waals surface area contributed by atoms with Crippen LogP contribution in [0.2, 0.25) is 0 Å². The molecule has 0 amide bonds. The van der Waals surface area contributed by atoms with Gasteiger partial charge in [0.1, 0.15) is 11.6 Å². The highest BCUT2D eigenvalue weighted by Gasteiger charge is 2.19. The highest BCUT2D eigenvalue weighted by Crippen LogP contribution is 2.24. The van der Waals surface area contributed by atoms with Gasteiger partial charge in [-0.2, -0.15) is 0 Å². The quantitative estimate of drug-likeness (QED) is 0.834. The van der Waals surface area contributed by atoms with Crippen molar-refractivity contribution in [3.8, 4) is 0 Å². The number of hydrogen-bond donors (Lipinski definition) is 2. The van der Waals surface area contributed by atoms with Crippen molar-refractivity contribution in [2.24, 2.45) is 0 Å². The van der Waals surface area contributed by atoms with Crippen molar-refractivity contribution in [3.05, 3.63) is 29.8 Å². The fourth-order valence-corrected chi connectivity index (χ4v) is 2.32. The van der Waals surface area contributed by atoms with Crippen LogP contribution in [0, 0.1) is 5.82 Å². The van der Waals surface area contributed by atoms with E-state index in [-0.39, 0.29) is 25.1 Å². The first-order chi connectivity index (χ1) is 9.58. The Hall–Kier alpha value is -1.50. The Labute approximate surface area is 117 Å². The number of imidazole rings is 1. The molecular formula is C14H20FN3O2. The largest absolute Gasteiger partial charge is 0.395 e. The SMILES string of the molecule is CC(c1nc2cc(F)ccc2n1CCO)N(C)CCO. The highest BCUT2D eigenvalue weighted by molar-refractivity contribution is 5.76. The first kappa shape index (κ1) is 14.9. The van der Waals surface area contributed by atoms with Gasteiger partial charge in [-0.1, -0.05) is 0 Å². The van der Waals surface area contributed by atoms with Gasteiger partial charge < -0.3 is 14.8 Å². The van der Waals surface area contributed by atoms with Crippen molar-refractivity contribution in [3.63, 3.8) is 0 Å². The lowest BCUT2D eigenvalue weighted by molar-refractivity contribution is 0.180. The summed E-state index contributed by atoms with van der Waals surface area (Å²) in [6.45, 7) is 2.97. The lowest BCUT2D eigenvalue weighted by Crippen LogP contribution is -2.28. The Bertz CT molecular complexity index is 585. The van der Waals surface area contributed by atoms with Gasteiger partial charge >= 0.3 is 0 Å². The maximum Gasteiger partial charge on any atom is 0.127 e. The number of hydrogen-bond acceptors (Lipinski definition) is 4. The zero-order valence-electron chi connectivity index (χ0n) is 11.8. The molecule has 1 aromatic heterocycles. The standard InChI is InChI=1S/C14H20FN3O2/c1-10(17(2)5-7-19)14-16-12-9-11(15)3-4-13(12)18(14)6-8-20/h3-4,9-10,19-20H,5-8H2,1-2H3. The third-order valence-corrected chi connectivity index (χ3v) is 3.55. The molecule has 0 aliphatic carbocycles. The number of aliphatic hydroxyl groups excluding tert-OH is 2. The van der Waals surface area contributed by atoms with E-state index in [1.165, 1.54) is 12.1 Å². The molecule has 2 rings (SSSR count). The fraction of sp³-hybridized carbons (Fsp3) is 0.500. The third-order valence-electron chi connectivity index (χ3n) is 3.55. The number of nitrogens with zero attached hydrogens (tertiary/aromatic N) is 3. The first-order valence-corrected chi connectivity index (χ1v) is 6.66. The molecule has 2 N–H and O–H groups in total. The predicted molar refractivity (Wildman–Crippen MR) is 74.9 cm³/mol. The smallest absolute Gasteiger partial charge is 0.127 e. The second-order valence-electron chi connectivity index (χ2n) is 4.86. The normalized spacial score (nSPS) is 13.3. The van der Waals surface area contributed by atoms with Gasteiger partial charge in [0.15, 0.2) is 0 Å². The molecule has 20 heavy (non-hydrogen) atoms. The summed E-state index contributed by atoms with van der Waals surface area (Å²) in [5, 5.41) is 18.2. The third kappa shape index (κ3) is 2.82. The van der Waals surface area contributed by atoms with Crippen LogP contribution in [0.4, 0.5) is 4.39 Å². The molecular weight excluding hydrogens is 261 g/mol. The molecule has 110 valence electrons. The molecule has 6 heteroatoms. The van der Waals surface area contributed by atoms with E-state index in [2.05, 4.69) is 4.98 Å². The molecule has 2 aromatic rings. The summed E-state index contributed by atoms with van der Waals surface area (Å²) >= 11 is 0. The van der Waals surface area contributed by atoms with Crippen molar-refractivity contribution < 1.29 is 14.6 Å². The van der Waals surface area contributed by atoms with Crippen molar-refractivity contribution in [2.75, 3.05) is 26.8 Å². The number of fused-ring (bicyclic) bond motifs is 1. The van der Waals surface area contributed by atoms with Gasteiger partial charge in [0, 0.05) is 19.2 Å². The molecule has 0 bridgehead atoms. The van der Waals surface area contributed by atoms with E-state index >= 15 is 0 Å². The predicted octanol–water partition coefficient (Wildman–Crippen LogP) is 1.15. The number of halogens is 1. The number of likely N-dealkylation sites (N-methyl/N-ethyl adjacent to an activating group) is 1. The van der Waals surface area contributed by atoms with Crippen molar-refractivity contribution in [2.45, 2.75) is 19.5 Å². The van der Waals surface area contributed by atoms with Gasteiger partial charge in [0.05, 0.1) is 30.3 Å². The van der Waals surface area contributed by atoms with E-state index in [1.807, 2.05) is 23.4 Å². The van der Waals surface area contributed by atoms with Crippen molar-refractivity contribution in [1.82, 2.24) is 14.5 Å². The van der Waals surface area contributed by atoms with Crippen molar-refractivity contribution in [1.29, 1.82) is 0 Å². The number of rotatable bonds is 6. The zero-order valence-corrected chi connectivity index (χ0v) is 11.8. The molecule has 0 saturated heterocycles. The van der Waals surface area contributed by atoms with E-state index in [0.29, 0.717) is 18.6 Å². The van der Waals surface area contributed by atoms with Gasteiger partial charge in [-0.15, -0.1) is 0 Å². The van der Waals surface area contributed by atoms with Crippen molar-refractivity contribution >= 4 is 11.0 Å². The summed E-state index contributed by atoms with van der Waals surface area (Å²) in [7, 11) is 1.89. The molecule has 0 radical (unpaired) electrons. The monoisotopic (exact) mass is 281 g/mol. The molecule has 0 saturated carbocycles. The van der Waals surface area contributed by atoms with Crippen LogP contribution < -0.4 is 0 Å². The molecule has 5 nitrogen and oxygen atoms in total.